The van der Waals surface area contributed by atoms with E-state index in [4.69, 9.17) is 0 Å². The maximum absolute atomic E-state index is 12.8. The van der Waals surface area contributed by atoms with Crippen molar-refractivity contribution < 1.29 is 23.1 Å². The highest BCUT2D eigenvalue weighted by atomic mass is 32.2. The Bertz CT molecular complexity index is 760. The van der Waals surface area contributed by atoms with Crippen molar-refractivity contribution in [2.24, 2.45) is 5.92 Å². The van der Waals surface area contributed by atoms with Gasteiger partial charge in [-0.2, -0.15) is 0 Å². The van der Waals surface area contributed by atoms with E-state index >= 15 is 0 Å². The largest absolute Gasteiger partial charge is 0.481 e. The van der Waals surface area contributed by atoms with Gasteiger partial charge in [-0.25, -0.2) is 13.1 Å². The number of amides is 1. The molecule has 138 valence electrons. The van der Waals surface area contributed by atoms with Crippen LogP contribution in [-0.4, -0.2) is 48.9 Å². The summed E-state index contributed by atoms with van der Waals surface area (Å²) in [4.78, 5) is 25.6. The number of sulfonamides is 1. The van der Waals surface area contributed by atoms with Crippen LogP contribution in [0.1, 0.15) is 44.0 Å². The average molecular weight is 368 g/mol. The zero-order valence-corrected chi connectivity index (χ0v) is 15.4. The average Bonchev–Trinajstić information content (AvgIpc) is 2.53. The molecular weight excluding hydrogens is 344 g/mol. The van der Waals surface area contributed by atoms with Crippen LogP contribution in [0.2, 0.25) is 0 Å². The van der Waals surface area contributed by atoms with E-state index in [1.54, 1.807) is 19.9 Å². The van der Waals surface area contributed by atoms with E-state index in [2.05, 4.69) is 4.72 Å². The van der Waals surface area contributed by atoms with Crippen molar-refractivity contribution in [1.29, 1.82) is 0 Å². The van der Waals surface area contributed by atoms with E-state index in [1.165, 1.54) is 23.1 Å². The van der Waals surface area contributed by atoms with E-state index in [0.29, 0.717) is 12.8 Å². The molecule has 0 spiro atoms. The van der Waals surface area contributed by atoms with Crippen LogP contribution in [0.4, 0.5) is 0 Å². The minimum Gasteiger partial charge on any atom is -0.481 e. The van der Waals surface area contributed by atoms with Crippen LogP contribution >= 0.6 is 0 Å². The van der Waals surface area contributed by atoms with Gasteiger partial charge in [0.05, 0.1) is 10.8 Å². The number of nitrogens with zero attached hydrogens (tertiary/aromatic N) is 1. The highest BCUT2D eigenvalue weighted by molar-refractivity contribution is 7.89. The molecule has 0 aromatic heterocycles. The first kappa shape index (κ1) is 19.4. The Morgan fingerprint density at radius 2 is 1.96 bits per heavy atom. The Kier molecular flexibility index (Phi) is 5.84. The van der Waals surface area contributed by atoms with Gasteiger partial charge < -0.3 is 10.0 Å². The lowest BCUT2D eigenvalue weighted by Gasteiger charge is -2.36. The number of aliphatic carboxylic acids is 1. The number of carbonyl (C=O) groups is 2. The van der Waals surface area contributed by atoms with Gasteiger partial charge in [0, 0.05) is 24.2 Å². The number of carboxylic acid groups (broad SMARTS) is 1. The third-order valence-electron chi connectivity index (χ3n) is 4.27. The number of hydrogen-bond donors (Lipinski definition) is 2. The van der Waals surface area contributed by atoms with Crippen molar-refractivity contribution in [3.05, 3.63) is 29.8 Å². The summed E-state index contributed by atoms with van der Waals surface area (Å²) in [5.74, 6) is -1.85. The van der Waals surface area contributed by atoms with Crippen molar-refractivity contribution in [2.75, 3.05) is 6.54 Å². The Balaban J connectivity index is 2.27. The maximum Gasteiger partial charge on any atom is 0.308 e. The molecule has 1 aromatic rings. The van der Waals surface area contributed by atoms with Crippen LogP contribution in [0.5, 0.6) is 0 Å². The zero-order valence-electron chi connectivity index (χ0n) is 14.6. The number of hydrogen-bond acceptors (Lipinski definition) is 4. The predicted octanol–water partition coefficient (Wildman–Crippen LogP) is 1.70. The van der Waals surface area contributed by atoms with Gasteiger partial charge in [0.25, 0.3) is 5.91 Å². The molecule has 2 N–H and O–H groups in total. The quantitative estimate of drug-likeness (QED) is 0.823. The van der Waals surface area contributed by atoms with Crippen molar-refractivity contribution in [3.8, 4) is 0 Å². The van der Waals surface area contributed by atoms with Crippen LogP contribution in [0.15, 0.2) is 29.2 Å². The molecule has 0 aliphatic carbocycles. The minimum absolute atomic E-state index is 0.0199. The number of piperidine rings is 1. The Hall–Kier alpha value is -1.93. The highest BCUT2D eigenvalue weighted by Gasteiger charge is 2.33. The molecule has 25 heavy (non-hydrogen) atoms. The highest BCUT2D eigenvalue weighted by Crippen LogP contribution is 2.24. The Morgan fingerprint density at radius 1 is 1.28 bits per heavy atom. The molecule has 0 bridgehead atoms. The van der Waals surface area contributed by atoms with E-state index < -0.39 is 21.9 Å². The van der Waals surface area contributed by atoms with Gasteiger partial charge in [-0.1, -0.05) is 6.07 Å². The molecule has 1 heterocycles. The molecule has 1 aliphatic rings. The number of carbonyl (C=O) groups excluding carboxylic acids is 1. The molecule has 1 fully saturated rings. The summed E-state index contributed by atoms with van der Waals surface area (Å²) < 4.78 is 27.1. The second-order valence-electron chi connectivity index (χ2n) is 6.72. The van der Waals surface area contributed by atoms with E-state index in [9.17, 15) is 23.1 Å². The van der Waals surface area contributed by atoms with Crippen molar-refractivity contribution >= 4 is 21.9 Å². The molecular formula is C17H24N2O5S. The second-order valence-corrected chi connectivity index (χ2v) is 8.44. The molecule has 0 saturated carbocycles. The molecule has 1 amide bonds. The summed E-state index contributed by atoms with van der Waals surface area (Å²) >= 11 is 0. The molecule has 1 saturated heterocycles. The fraction of sp³-hybridized carbons (Fsp3) is 0.529. The summed E-state index contributed by atoms with van der Waals surface area (Å²) in [6, 6.07) is 5.49. The van der Waals surface area contributed by atoms with Crippen LogP contribution in [0, 0.1) is 5.92 Å². The van der Waals surface area contributed by atoms with E-state index in [-0.39, 0.29) is 35.0 Å². The van der Waals surface area contributed by atoms with Crippen molar-refractivity contribution in [2.45, 2.75) is 50.6 Å². The molecule has 2 atom stereocenters. The molecule has 1 aromatic carbocycles. The van der Waals surface area contributed by atoms with Crippen molar-refractivity contribution in [1.82, 2.24) is 9.62 Å². The summed E-state index contributed by atoms with van der Waals surface area (Å²) in [6.45, 7) is 5.44. The number of benzene rings is 1. The lowest BCUT2D eigenvalue weighted by molar-refractivity contribution is -0.143. The van der Waals surface area contributed by atoms with Gasteiger partial charge in [-0.15, -0.1) is 0 Å². The number of rotatable bonds is 5. The fourth-order valence-electron chi connectivity index (χ4n) is 2.93. The van der Waals surface area contributed by atoms with E-state index in [1.807, 2.05) is 6.92 Å². The summed E-state index contributed by atoms with van der Waals surface area (Å²) in [5, 5.41) is 9.20. The minimum atomic E-state index is -3.70. The number of nitrogens with one attached hydrogen (secondary N) is 1. The smallest absolute Gasteiger partial charge is 0.308 e. The Labute approximate surface area is 148 Å². The third kappa shape index (κ3) is 4.58. The second kappa shape index (κ2) is 7.53. The van der Waals surface area contributed by atoms with Gasteiger partial charge in [0.1, 0.15) is 0 Å². The molecule has 0 radical (unpaired) electrons. The van der Waals surface area contributed by atoms with Gasteiger partial charge in [0.15, 0.2) is 0 Å². The van der Waals surface area contributed by atoms with Gasteiger partial charge in [-0.05, 0) is 51.8 Å². The molecule has 2 unspecified atom stereocenters. The zero-order chi connectivity index (χ0) is 18.8. The number of likely N-dealkylation sites (tertiary alicyclic amines) is 1. The Morgan fingerprint density at radius 3 is 2.56 bits per heavy atom. The molecule has 1 aliphatic heterocycles. The lowest BCUT2D eigenvalue weighted by atomic mass is 9.93. The first-order valence-corrected chi connectivity index (χ1v) is 9.76. The van der Waals surface area contributed by atoms with Crippen molar-refractivity contribution in [3.63, 3.8) is 0 Å². The van der Waals surface area contributed by atoms with Crippen LogP contribution < -0.4 is 4.72 Å². The van der Waals surface area contributed by atoms with Crippen LogP contribution in [0.25, 0.3) is 0 Å². The first-order chi connectivity index (χ1) is 11.6. The lowest BCUT2D eigenvalue weighted by Crippen LogP contribution is -2.47. The SMILES string of the molecule is CC(C)NS(=O)(=O)c1cccc(C(=O)N2CC(C(=O)O)CCC2C)c1. The summed E-state index contributed by atoms with van der Waals surface area (Å²) in [6.07, 6.45) is 1.14. The monoisotopic (exact) mass is 368 g/mol. The first-order valence-electron chi connectivity index (χ1n) is 8.28. The fourth-order valence-corrected chi connectivity index (χ4v) is 4.23. The van der Waals surface area contributed by atoms with E-state index in [0.717, 1.165) is 0 Å². The molecule has 2 rings (SSSR count). The topological polar surface area (TPSA) is 104 Å². The predicted molar refractivity (Wildman–Crippen MR) is 92.8 cm³/mol. The normalized spacial score (nSPS) is 21.4. The number of carboxylic acids is 1. The van der Waals surface area contributed by atoms with Gasteiger partial charge >= 0.3 is 5.97 Å². The van der Waals surface area contributed by atoms with Gasteiger partial charge in [-0.3, -0.25) is 9.59 Å². The summed E-state index contributed by atoms with van der Waals surface area (Å²) in [5.41, 5.74) is 0.240. The third-order valence-corrected chi connectivity index (χ3v) is 5.93. The summed E-state index contributed by atoms with van der Waals surface area (Å²) in [7, 11) is -3.70. The molecule has 8 heteroatoms. The van der Waals surface area contributed by atoms with Gasteiger partial charge in [0.2, 0.25) is 10.0 Å². The van der Waals surface area contributed by atoms with Crippen LogP contribution in [0.3, 0.4) is 0 Å². The maximum atomic E-state index is 12.8. The van der Waals surface area contributed by atoms with Crippen LogP contribution in [-0.2, 0) is 14.8 Å². The standard InChI is InChI=1S/C17H24N2O5S/c1-11(2)18-25(23,24)15-6-4-5-13(9-15)16(20)19-10-14(17(21)22)8-7-12(19)3/h4-6,9,11-12,14,18H,7-8,10H2,1-3H3,(H,21,22). The molecule has 7 nitrogen and oxygen atoms in total.